The molecule has 1 atom stereocenters. The van der Waals surface area contributed by atoms with Gasteiger partial charge in [-0.15, -0.1) is 0 Å². The molecule has 0 bridgehead atoms. The lowest BCUT2D eigenvalue weighted by Gasteiger charge is -2.24. The number of benzene rings is 1. The maximum atomic E-state index is 12.9. The molecule has 0 radical (unpaired) electrons. The van der Waals surface area contributed by atoms with Gasteiger partial charge in [0.15, 0.2) is 0 Å². The maximum Gasteiger partial charge on any atom is 0.243 e. The summed E-state index contributed by atoms with van der Waals surface area (Å²) in [7, 11) is -3.47. The zero-order valence-corrected chi connectivity index (χ0v) is 13.7. The van der Waals surface area contributed by atoms with Crippen LogP contribution in [0.25, 0.3) is 0 Å². The van der Waals surface area contributed by atoms with E-state index in [0.29, 0.717) is 11.4 Å². The molecule has 1 aromatic heterocycles. The summed E-state index contributed by atoms with van der Waals surface area (Å²) in [6.07, 6.45) is 1.69. The van der Waals surface area contributed by atoms with E-state index in [-0.39, 0.29) is 6.04 Å². The summed E-state index contributed by atoms with van der Waals surface area (Å²) in [5, 5.41) is 0. The molecule has 116 valence electrons. The van der Waals surface area contributed by atoms with E-state index in [4.69, 9.17) is 0 Å². The van der Waals surface area contributed by atoms with Gasteiger partial charge in [0.05, 0.1) is 16.6 Å². The van der Waals surface area contributed by atoms with Crippen molar-refractivity contribution in [3.63, 3.8) is 0 Å². The highest BCUT2D eigenvalue weighted by atomic mass is 32.2. The van der Waals surface area contributed by atoms with Gasteiger partial charge in [0.2, 0.25) is 10.0 Å². The Morgan fingerprint density at radius 2 is 1.82 bits per heavy atom. The average molecular weight is 316 g/mol. The monoisotopic (exact) mass is 316 g/mol. The fourth-order valence-electron chi connectivity index (χ4n) is 2.92. The SMILES string of the molecule is Cc1ccc(S(=O)(=O)N2CCC[C@H]2c2cccc(C)n2)cc1. The second-order valence-electron chi connectivity index (χ2n) is 5.79. The molecule has 2 aromatic rings. The summed E-state index contributed by atoms with van der Waals surface area (Å²) < 4.78 is 27.4. The normalized spacial score (nSPS) is 19.5. The molecule has 0 amide bonds. The van der Waals surface area contributed by atoms with Crippen molar-refractivity contribution in [2.24, 2.45) is 0 Å². The van der Waals surface area contributed by atoms with Crippen LogP contribution in [-0.4, -0.2) is 24.3 Å². The zero-order chi connectivity index (χ0) is 15.7. The molecule has 1 saturated heterocycles. The Balaban J connectivity index is 1.97. The highest BCUT2D eigenvalue weighted by Crippen LogP contribution is 2.35. The standard InChI is InChI=1S/C17H20N2O2S/c1-13-8-10-15(11-9-13)22(20,21)19-12-4-7-17(19)16-6-3-5-14(2)18-16/h3,5-6,8-11,17H,4,7,12H2,1-2H3/t17-/m0/s1. The van der Waals surface area contributed by atoms with E-state index in [1.165, 1.54) is 0 Å². The second-order valence-corrected chi connectivity index (χ2v) is 7.68. The summed E-state index contributed by atoms with van der Waals surface area (Å²) in [4.78, 5) is 4.88. The van der Waals surface area contributed by atoms with E-state index < -0.39 is 10.0 Å². The fraction of sp³-hybridized carbons (Fsp3) is 0.353. The quantitative estimate of drug-likeness (QED) is 0.873. The lowest BCUT2D eigenvalue weighted by Crippen LogP contribution is -2.31. The Bertz CT molecular complexity index is 770. The predicted molar refractivity (Wildman–Crippen MR) is 86.0 cm³/mol. The van der Waals surface area contributed by atoms with Gasteiger partial charge in [-0.05, 0) is 51.0 Å². The van der Waals surface area contributed by atoms with Crippen molar-refractivity contribution >= 4 is 10.0 Å². The molecule has 0 N–H and O–H groups in total. The van der Waals surface area contributed by atoms with E-state index in [9.17, 15) is 8.42 Å². The molecule has 0 spiro atoms. The number of hydrogen-bond acceptors (Lipinski definition) is 3. The first-order valence-corrected chi connectivity index (χ1v) is 8.94. The lowest BCUT2D eigenvalue weighted by molar-refractivity contribution is 0.390. The van der Waals surface area contributed by atoms with E-state index in [1.54, 1.807) is 16.4 Å². The molecule has 1 aromatic carbocycles. The minimum Gasteiger partial charge on any atom is -0.256 e. The molecule has 5 heteroatoms. The zero-order valence-electron chi connectivity index (χ0n) is 12.9. The van der Waals surface area contributed by atoms with Gasteiger partial charge in [-0.25, -0.2) is 8.42 Å². The first-order valence-electron chi connectivity index (χ1n) is 7.50. The van der Waals surface area contributed by atoms with Gasteiger partial charge in [0, 0.05) is 12.2 Å². The third-order valence-corrected chi connectivity index (χ3v) is 6.00. The lowest BCUT2D eigenvalue weighted by atomic mass is 10.1. The van der Waals surface area contributed by atoms with Crippen LogP contribution in [0.3, 0.4) is 0 Å². The molecule has 2 heterocycles. The summed E-state index contributed by atoms with van der Waals surface area (Å²) in [6.45, 7) is 4.43. The van der Waals surface area contributed by atoms with Crippen LogP contribution in [0.2, 0.25) is 0 Å². The van der Waals surface area contributed by atoms with Crippen molar-refractivity contribution in [2.45, 2.75) is 37.6 Å². The molecule has 1 fully saturated rings. The van der Waals surface area contributed by atoms with Crippen molar-refractivity contribution in [2.75, 3.05) is 6.54 Å². The van der Waals surface area contributed by atoms with Gasteiger partial charge in [-0.1, -0.05) is 23.8 Å². The van der Waals surface area contributed by atoms with E-state index in [0.717, 1.165) is 29.8 Å². The molecule has 0 unspecified atom stereocenters. The molecule has 4 nitrogen and oxygen atoms in total. The molecule has 3 rings (SSSR count). The molecular weight excluding hydrogens is 296 g/mol. The van der Waals surface area contributed by atoms with Crippen molar-refractivity contribution in [3.05, 3.63) is 59.4 Å². The number of hydrogen-bond donors (Lipinski definition) is 0. The van der Waals surface area contributed by atoms with Crippen molar-refractivity contribution in [1.29, 1.82) is 0 Å². The highest BCUT2D eigenvalue weighted by Gasteiger charge is 2.36. The molecule has 0 saturated carbocycles. The molecule has 1 aliphatic heterocycles. The van der Waals surface area contributed by atoms with Crippen molar-refractivity contribution in [3.8, 4) is 0 Å². The average Bonchev–Trinajstić information content (AvgIpc) is 2.98. The fourth-order valence-corrected chi connectivity index (χ4v) is 4.59. The molecule has 22 heavy (non-hydrogen) atoms. The number of pyridine rings is 1. The van der Waals surface area contributed by atoms with Crippen LogP contribution in [0, 0.1) is 13.8 Å². The minimum atomic E-state index is -3.47. The number of sulfonamides is 1. The van der Waals surface area contributed by atoms with Crippen LogP contribution in [0.1, 0.15) is 35.8 Å². The van der Waals surface area contributed by atoms with Crippen molar-refractivity contribution in [1.82, 2.24) is 9.29 Å². The van der Waals surface area contributed by atoms with Crippen molar-refractivity contribution < 1.29 is 8.42 Å². The number of rotatable bonds is 3. The largest absolute Gasteiger partial charge is 0.256 e. The summed E-state index contributed by atoms with van der Waals surface area (Å²) in [5.74, 6) is 0. The van der Waals surface area contributed by atoms with Gasteiger partial charge in [0.25, 0.3) is 0 Å². The Morgan fingerprint density at radius 1 is 1.09 bits per heavy atom. The summed E-state index contributed by atoms with van der Waals surface area (Å²) in [6, 6.07) is 12.7. The van der Waals surface area contributed by atoms with E-state index in [2.05, 4.69) is 4.98 Å². The smallest absolute Gasteiger partial charge is 0.243 e. The molecule has 1 aliphatic rings. The van der Waals surface area contributed by atoms with Gasteiger partial charge in [-0.3, -0.25) is 4.98 Å². The van der Waals surface area contributed by atoms with Crippen LogP contribution in [0.4, 0.5) is 0 Å². The number of nitrogens with zero attached hydrogens (tertiary/aromatic N) is 2. The van der Waals surface area contributed by atoms with Crippen LogP contribution in [0.5, 0.6) is 0 Å². The first-order chi connectivity index (χ1) is 10.5. The predicted octanol–water partition coefficient (Wildman–Crippen LogP) is 3.22. The Hall–Kier alpha value is -1.72. The van der Waals surface area contributed by atoms with Gasteiger partial charge >= 0.3 is 0 Å². The number of aryl methyl sites for hydroxylation is 2. The summed E-state index contributed by atoms with van der Waals surface area (Å²) in [5.41, 5.74) is 2.81. The molecule has 0 aliphatic carbocycles. The van der Waals surface area contributed by atoms with E-state index in [1.807, 2.05) is 44.2 Å². The Kier molecular flexibility index (Phi) is 4.02. The first kappa shape index (κ1) is 15.2. The van der Waals surface area contributed by atoms with Gasteiger partial charge in [-0.2, -0.15) is 4.31 Å². The van der Waals surface area contributed by atoms with Crippen LogP contribution >= 0.6 is 0 Å². The second kappa shape index (κ2) is 5.82. The Labute approximate surface area is 131 Å². The third kappa shape index (κ3) is 2.78. The molecular formula is C17H20N2O2S. The minimum absolute atomic E-state index is 0.161. The van der Waals surface area contributed by atoms with E-state index >= 15 is 0 Å². The topological polar surface area (TPSA) is 50.3 Å². The number of aromatic nitrogens is 1. The van der Waals surface area contributed by atoms with Crippen LogP contribution in [-0.2, 0) is 10.0 Å². The summed E-state index contributed by atoms with van der Waals surface area (Å²) >= 11 is 0. The van der Waals surface area contributed by atoms with Gasteiger partial charge in [0.1, 0.15) is 0 Å². The van der Waals surface area contributed by atoms with Crippen LogP contribution in [0.15, 0.2) is 47.4 Å². The maximum absolute atomic E-state index is 12.9. The third-order valence-electron chi connectivity index (χ3n) is 4.08. The van der Waals surface area contributed by atoms with Crippen LogP contribution < -0.4 is 0 Å². The highest BCUT2D eigenvalue weighted by molar-refractivity contribution is 7.89. The Morgan fingerprint density at radius 3 is 2.50 bits per heavy atom. The van der Waals surface area contributed by atoms with Gasteiger partial charge < -0.3 is 0 Å².